The van der Waals surface area contributed by atoms with E-state index in [4.69, 9.17) is 14.7 Å². The topological polar surface area (TPSA) is 52.8 Å². The fourth-order valence-electron chi connectivity index (χ4n) is 3.39. The summed E-state index contributed by atoms with van der Waals surface area (Å²) in [5.41, 5.74) is 4.00. The minimum absolute atomic E-state index is 0.248. The van der Waals surface area contributed by atoms with Crippen molar-refractivity contribution in [1.82, 2.24) is 19.5 Å². The van der Waals surface area contributed by atoms with E-state index in [1.807, 2.05) is 36.8 Å². The second kappa shape index (κ2) is 7.38. The molecule has 0 bridgehead atoms. The maximum absolute atomic E-state index is 5.84. The Morgan fingerprint density at radius 3 is 2.73 bits per heavy atom. The molecule has 0 amide bonds. The van der Waals surface area contributed by atoms with Gasteiger partial charge in [0, 0.05) is 24.3 Å². The van der Waals surface area contributed by atoms with Gasteiger partial charge in [-0.15, -0.1) is 0 Å². The van der Waals surface area contributed by atoms with Crippen LogP contribution in [0.25, 0.3) is 22.6 Å². The van der Waals surface area contributed by atoms with E-state index in [-0.39, 0.29) is 12.0 Å². The van der Waals surface area contributed by atoms with Crippen molar-refractivity contribution in [2.45, 2.75) is 45.3 Å². The molecule has 0 saturated carbocycles. The molecule has 1 aliphatic heterocycles. The second-order valence-corrected chi connectivity index (χ2v) is 7.05. The fourth-order valence-corrected chi connectivity index (χ4v) is 3.39. The molecule has 0 spiro atoms. The van der Waals surface area contributed by atoms with E-state index in [1.165, 1.54) is 0 Å². The average molecular weight is 348 g/mol. The highest BCUT2D eigenvalue weighted by atomic mass is 16.5. The molecule has 4 rings (SSSR count). The summed E-state index contributed by atoms with van der Waals surface area (Å²) in [4.78, 5) is 14.0. The van der Waals surface area contributed by atoms with Gasteiger partial charge in [0.2, 0.25) is 0 Å². The molecule has 5 heteroatoms. The largest absolute Gasteiger partial charge is 0.376 e. The highest BCUT2D eigenvalue weighted by molar-refractivity contribution is 5.76. The maximum atomic E-state index is 5.84. The lowest BCUT2D eigenvalue weighted by Gasteiger charge is -2.15. The van der Waals surface area contributed by atoms with Crippen LogP contribution in [0.4, 0.5) is 0 Å². The number of ether oxygens (including phenoxy) is 1. The molecule has 1 saturated heterocycles. The van der Waals surface area contributed by atoms with Gasteiger partial charge < -0.3 is 9.30 Å². The fraction of sp³-hybridized carbons (Fsp3) is 0.381. The summed E-state index contributed by atoms with van der Waals surface area (Å²) in [6.07, 6.45) is 6.23. The Morgan fingerprint density at radius 1 is 1.15 bits per heavy atom. The lowest BCUT2D eigenvalue weighted by atomic mass is 10.1. The molecular weight excluding hydrogens is 324 g/mol. The zero-order valence-electron chi connectivity index (χ0n) is 15.3. The third kappa shape index (κ3) is 3.40. The van der Waals surface area contributed by atoms with E-state index in [0.717, 1.165) is 54.5 Å². The van der Waals surface area contributed by atoms with Crippen LogP contribution >= 0.6 is 0 Å². The lowest BCUT2D eigenvalue weighted by Crippen LogP contribution is -2.15. The van der Waals surface area contributed by atoms with E-state index >= 15 is 0 Å². The molecule has 0 aliphatic carbocycles. The summed E-state index contributed by atoms with van der Waals surface area (Å²) in [6, 6.07) is 12.3. The Morgan fingerprint density at radius 2 is 2.00 bits per heavy atom. The van der Waals surface area contributed by atoms with E-state index in [9.17, 15) is 0 Å². The summed E-state index contributed by atoms with van der Waals surface area (Å²) < 4.78 is 8.03. The first-order valence-corrected chi connectivity index (χ1v) is 9.28. The van der Waals surface area contributed by atoms with Crippen LogP contribution < -0.4 is 0 Å². The van der Waals surface area contributed by atoms with Gasteiger partial charge in [0.1, 0.15) is 5.82 Å². The van der Waals surface area contributed by atoms with Crippen molar-refractivity contribution in [3.8, 4) is 22.6 Å². The molecule has 0 N–H and O–H groups in total. The van der Waals surface area contributed by atoms with E-state index in [0.29, 0.717) is 0 Å². The SMILES string of the molecule is CC(C)c1nccc(-c2c(-c3ccccc3)ncn2C[C@@H]2CCCO2)n1. The van der Waals surface area contributed by atoms with Gasteiger partial charge in [-0.05, 0) is 18.9 Å². The zero-order chi connectivity index (χ0) is 17.9. The van der Waals surface area contributed by atoms with Crippen LogP contribution in [0.5, 0.6) is 0 Å². The average Bonchev–Trinajstić information content (AvgIpc) is 3.33. The van der Waals surface area contributed by atoms with Gasteiger partial charge in [-0.25, -0.2) is 15.0 Å². The molecule has 0 radical (unpaired) electrons. The van der Waals surface area contributed by atoms with Crippen molar-refractivity contribution in [2.75, 3.05) is 6.61 Å². The number of benzene rings is 1. The first-order chi connectivity index (χ1) is 12.7. The van der Waals surface area contributed by atoms with Crippen molar-refractivity contribution < 1.29 is 4.74 Å². The van der Waals surface area contributed by atoms with Crippen molar-refractivity contribution in [3.05, 3.63) is 54.7 Å². The number of hydrogen-bond acceptors (Lipinski definition) is 4. The monoisotopic (exact) mass is 348 g/mol. The van der Waals surface area contributed by atoms with Gasteiger partial charge >= 0.3 is 0 Å². The Hall–Kier alpha value is -2.53. The van der Waals surface area contributed by atoms with Gasteiger partial charge in [0.15, 0.2) is 0 Å². The van der Waals surface area contributed by atoms with Crippen LogP contribution in [0.1, 0.15) is 38.4 Å². The smallest absolute Gasteiger partial charge is 0.131 e. The molecule has 3 heterocycles. The minimum Gasteiger partial charge on any atom is -0.376 e. The van der Waals surface area contributed by atoms with Crippen molar-refractivity contribution >= 4 is 0 Å². The second-order valence-electron chi connectivity index (χ2n) is 7.05. The minimum atomic E-state index is 0.248. The normalized spacial score (nSPS) is 17.1. The van der Waals surface area contributed by atoms with Crippen molar-refractivity contribution in [1.29, 1.82) is 0 Å². The van der Waals surface area contributed by atoms with Gasteiger partial charge in [-0.3, -0.25) is 0 Å². The zero-order valence-corrected chi connectivity index (χ0v) is 15.3. The summed E-state index contributed by atoms with van der Waals surface area (Å²) in [5.74, 6) is 1.14. The van der Waals surface area contributed by atoms with Gasteiger partial charge in [-0.2, -0.15) is 0 Å². The van der Waals surface area contributed by atoms with E-state index in [2.05, 4.69) is 35.5 Å². The van der Waals surface area contributed by atoms with Gasteiger partial charge in [0.05, 0.1) is 36.1 Å². The van der Waals surface area contributed by atoms with Crippen LogP contribution in [-0.4, -0.2) is 32.2 Å². The van der Waals surface area contributed by atoms with E-state index < -0.39 is 0 Å². The molecule has 3 aromatic rings. The molecular formula is C21H24N4O. The third-order valence-corrected chi connectivity index (χ3v) is 4.74. The number of hydrogen-bond donors (Lipinski definition) is 0. The predicted molar refractivity (Wildman–Crippen MR) is 102 cm³/mol. The molecule has 134 valence electrons. The summed E-state index contributed by atoms with van der Waals surface area (Å²) in [6.45, 7) is 5.88. The maximum Gasteiger partial charge on any atom is 0.131 e. The highest BCUT2D eigenvalue weighted by Gasteiger charge is 2.22. The molecule has 1 aliphatic rings. The first-order valence-electron chi connectivity index (χ1n) is 9.28. The third-order valence-electron chi connectivity index (χ3n) is 4.74. The molecule has 0 unspecified atom stereocenters. The van der Waals surface area contributed by atoms with Gasteiger partial charge in [-0.1, -0.05) is 44.2 Å². The Bertz CT molecular complexity index is 867. The van der Waals surface area contributed by atoms with Crippen molar-refractivity contribution in [2.24, 2.45) is 0 Å². The van der Waals surface area contributed by atoms with Crippen LogP contribution in [0.15, 0.2) is 48.9 Å². The molecule has 2 aromatic heterocycles. The van der Waals surface area contributed by atoms with Crippen LogP contribution in [0.3, 0.4) is 0 Å². The van der Waals surface area contributed by atoms with Crippen LogP contribution in [0, 0.1) is 0 Å². The van der Waals surface area contributed by atoms with E-state index in [1.54, 1.807) is 0 Å². The molecule has 1 aromatic carbocycles. The molecule has 1 fully saturated rings. The molecule has 1 atom stereocenters. The quantitative estimate of drug-likeness (QED) is 0.689. The number of imidazole rings is 1. The van der Waals surface area contributed by atoms with Gasteiger partial charge in [0.25, 0.3) is 0 Å². The summed E-state index contributed by atoms with van der Waals surface area (Å²) >= 11 is 0. The highest BCUT2D eigenvalue weighted by Crippen LogP contribution is 2.31. The summed E-state index contributed by atoms with van der Waals surface area (Å²) in [7, 11) is 0. The number of nitrogens with zero attached hydrogens (tertiary/aromatic N) is 4. The first kappa shape index (κ1) is 16.9. The Balaban J connectivity index is 1.81. The Labute approximate surface area is 154 Å². The standard InChI is InChI=1S/C21H24N4O/c1-15(2)21-22-11-10-18(24-21)20-19(16-7-4-3-5-8-16)23-14-25(20)13-17-9-6-12-26-17/h3-5,7-8,10-11,14-15,17H,6,9,12-13H2,1-2H3/t17-/m0/s1. The van der Waals surface area contributed by atoms with Crippen LogP contribution in [-0.2, 0) is 11.3 Å². The van der Waals surface area contributed by atoms with Crippen molar-refractivity contribution in [3.63, 3.8) is 0 Å². The number of rotatable bonds is 5. The number of aromatic nitrogens is 4. The predicted octanol–water partition coefficient (Wildman–Crippen LogP) is 4.31. The molecule has 26 heavy (non-hydrogen) atoms. The lowest BCUT2D eigenvalue weighted by molar-refractivity contribution is 0.0973. The molecule has 5 nitrogen and oxygen atoms in total. The summed E-state index contributed by atoms with van der Waals surface area (Å²) in [5, 5.41) is 0. The Kier molecular flexibility index (Phi) is 4.80. The van der Waals surface area contributed by atoms with Crippen LogP contribution in [0.2, 0.25) is 0 Å².